The van der Waals surface area contributed by atoms with E-state index in [-0.39, 0.29) is 0 Å². The maximum atomic E-state index is 9.44. The summed E-state index contributed by atoms with van der Waals surface area (Å²) in [6.07, 6.45) is 3.11. The van der Waals surface area contributed by atoms with E-state index in [0.717, 1.165) is 25.2 Å². The van der Waals surface area contributed by atoms with Gasteiger partial charge in [-0.25, -0.2) is 0 Å². The molecule has 0 aromatic heterocycles. The van der Waals surface area contributed by atoms with Crippen LogP contribution in [0.2, 0.25) is 0 Å². The topological polar surface area (TPSA) is 20.2 Å². The number of aliphatic hydroxyl groups excluding tert-OH is 1. The third-order valence-electron chi connectivity index (χ3n) is 3.00. The van der Waals surface area contributed by atoms with Crippen molar-refractivity contribution >= 4 is 0 Å². The van der Waals surface area contributed by atoms with Crippen molar-refractivity contribution in [2.45, 2.75) is 47.0 Å². The second-order valence-corrected chi connectivity index (χ2v) is 5.03. The fourth-order valence-electron chi connectivity index (χ4n) is 1.85. The highest BCUT2D eigenvalue weighted by molar-refractivity contribution is 5.10. The first kappa shape index (κ1) is 9.63. The Kier molecular flexibility index (Phi) is 2.50. The van der Waals surface area contributed by atoms with E-state index in [9.17, 15) is 5.11 Å². The summed E-state index contributed by atoms with van der Waals surface area (Å²) in [5.41, 5.74) is 1.59. The molecule has 0 heterocycles. The molecule has 1 rings (SSSR count). The van der Waals surface area contributed by atoms with Gasteiger partial charge >= 0.3 is 0 Å². The highest BCUT2D eigenvalue weighted by Gasteiger charge is 2.28. The predicted octanol–water partition coefficient (Wildman–Crippen LogP) is 3.66. The molecule has 1 heteroatoms. The van der Waals surface area contributed by atoms with Gasteiger partial charge in [-0.1, -0.05) is 20.8 Å². The van der Waals surface area contributed by atoms with Gasteiger partial charge in [0, 0.05) is 6.42 Å². The van der Waals surface area contributed by atoms with Crippen molar-refractivity contribution in [1.82, 2.24) is 0 Å². The third kappa shape index (κ3) is 2.02. The zero-order valence-corrected chi connectivity index (χ0v) is 8.65. The van der Waals surface area contributed by atoms with Gasteiger partial charge in [0.15, 0.2) is 0 Å². The lowest BCUT2D eigenvalue weighted by Gasteiger charge is -2.34. The Morgan fingerprint density at radius 1 is 1.33 bits per heavy atom. The maximum Gasteiger partial charge on any atom is 0.0912 e. The van der Waals surface area contributed by atoms with Gasteiger partial charge in [-0.05, 0) is 36.7 Å². The van der Waals surface area contributed by atoms with Crippen LogP contribution in [0.15, 0.2) is 11.3 Å². The molecule has 0 fully saturated rings. The van der Waals surface area contributed by atoms with Gasteiger partial charge in [0.2, 0.25) is 0 Å². The third-order valence-corrected chi connectivity index (χ3v) is 3.00. The van der Waals surface area contributed by atoms with Crippen LogP contribution in [-0.4, -0.2) is 5.11 Å². The van der Waals surface area contributed by atoms with Gasteiger partial charge in [-0.15, -0.1) is 0 Å². The molecule has 1 nitrogen and oxygen atoms in total. The quantitative estimate of drug-likeness (QED) is 0.585. The van der Waals surface area contributed by atoms with Crippen molar-refractivity contribution in [3.8, 4) is 0 Å². The molecule has 1 atom stereocenters. The van der Waals surface area contributed by atoms with Crippen LogP contribution in [0.5, 0.6) is 0 Å². The minimum atomic E-state index is 0.391. The van der Waals surface area contributed by atoms with Gasteiger partial charge in [0.1, 0.15) is 0 Å². The molecule has 0 saturated heterocycles. The molecule has 0 aromatic carbocycles. The molecule has 0 unspecified atom stereocenters. The lowest BCUT2D eigenvalue weighted by molar-refractivity contribution is 0.197. The van der Waals surface area contributed by atoms with Crippen molar-refractivity contribution in [3.63, 3.8) is 0 Å². The smallest absolute Gasteiger partial charge is 0.0912 e. The van der Waals surface area contributed by atoms with E-state index < -0.39 is 0 Å². The molecule has 0 saturated carbocycles. The Morgan fingerprint density at radius 3 is 2.33 bits per heavy atom. The predicted molar refractivity (Wildman–Crippen MR) is 52.1 cm³/mol. The first-order valence-corrected chi connectivity index (χ1v) is 4.79. The molecule has 12 heavy (non-hydrogen) atoms. The van der Waals surface area contributed by atoms with E-state index in [1.54, 1.807) is 0 Å². The lowest BCUT2D eigenvalue weighted by atomic mass is 9.72. The molecule has 70 valence electrons. The van der Waals surface area contributed by atoms with Gasteiger partial charge in [0.05, 0.1) is 5.76 Å². The molecule has 0 bridgehead atoms. The van der Waals surface area contributed by atoms with E-state index in [0.29, 0.717) is 11.2 Å². The van der Waals surface area contributed by atoms with Crippen molar-refractivity contribution < 1.29 is 5.11 Å². The van der Waals surface area contributed by atoms with E-state index in [1.807, 2.05) is 6.92 Å². The van der Waals surface area contributed by atoms with Crippen LogP contribution in [0.3, 0.4) is 0 Å². The number of hydrogen-bond donors (Lipinski definition) is 1. The SMILES string of the molecule is CC1=C(O)CC[C@H](C(C)(C)C)C1. The van der Waals surface area contributed by atoms with Crippen LogP contribution in [0.1, 0.15) is 47.0 Å². The first-order chi connectivity index (χ1) is 5.41. The zero-order chi connectivity index (χ0) is 9.35. The Bertz CT molecular complexity index is 196. The fraction of sp³-hybridized carbons (Fsp3) is 0.818. The first-order valence-electron chi connectivity index (χ1n) is 4.79. The molecular weight excluding hydrogens is 148 g/mol. The minimum absolute atomic E-state index is 0.391. The number of hydrogen-bond acceptors (Lipinski definition) is 1. The summed E-state index contributed by atoms with van der Waals surface area (Å²) >= 11 is 0. The lowest BCUT2D eigenvalue weighted by Crippen LogP contribution is -2.23. The highest BCUT2D eigenvalue weighted by atomic mass is 16.3. The Balaban J connectivity index is 2.67. The monoisotopic (exact) mass is 168 g/mol. The van der Waals surface area contributed by atoms with Gasteiger partial charge in [0.25, 0.3) is 0 Å². The second kappa shape index (κ2) is 3.12. The van der Waals surface area contributed by atoms with Gasteiger partial charge in [-0.2, -0.15) is 0 Å². The zero-order valence-electron chi connectivity index (χ0n) is 8.65. The van der Waals surface area contributed by atoms with Crippen molar-refractivity contribution in [2.24, 2.45) is 11.3 Å². The molecule has 0 radical (unpaired) electrons. The average Bonchev–Trinajstić information content (AvgIpc) is 1.92. The van der Waals surface area contributed by atoms with Crippen molar-refractivity contribution in [1.29, 1.82) is 0 Å². The molecule has 0 spiro atoms. The Hall–Kier alpha value is -0.460. The van der Waals surface area contributed by atoms with Crippen LogP contribution in [0.4, 0.5) is 0 Å². The summed E-state index contributed by atoms with van der Waals surface area (Å²) in [5.74, 6) is 1.38. The van der Waals surface area contributed by atoms with Crippen molar-refractivity contribution in [2.75, 3.05) is 0 Å². The number of allylic oxidation sites excluding steroid dienone is 2. The average molecular weight is 168 g/mol. The Labute approximate surface area is 75.5 Å². The maximum absolute atomic E-state index is 9.44. The fourth-order valence-corrected chi connectivity index (χ4v) is 1.85. The summed E-state index contributed by atoms with van der Waals surface area (Å²) in [5, 5.41) is 9.44. The van der Waals surface area contributed by atoms with Crippen LogP contribution in [-0.2, 0) is 0 Å². The van der Waals surface area contributed by atoms with Gasteiger partial charge in [-0.3, -0.25) is 0 Å². The molecule has 1 aliphatic carbocycles. The number of rotatable bonds is 0. The molecular formula is C11H20O. The van der Waals surface area contributed by atoms with Crippen LogP contribution < -0.4 is 0 Å². The van der Waals surface area contributed by atoms with E-state index in [4.69, 9.17) is 0 Å². The molecule has 0 amide bonds. The van der Waals surface area contributed by atoms with E-state index in [2.05, 4.69) is 20.8 Å². The Morgan fingerprint density at radius 2 is 1.92 bits per heavy atom. The molecule has 0 aromatic rings. The molecule has 1 aliphatic rings. The summed E-state index contributed by atoms with van der Waals surface area (Å²) in [6.45, 7) is 8.90. The standard InChI is InChI=1S/C11H20O/c1-8-7-9(11(2,3)4)5-6-10(8)12/h9,12H,5-7H2,1-4H3/t9-/m0/s1. The van der Waals surface area contributed by atoms with Crippen LogP contribution >= 0.6 is 0 Å². The van der Waals surface area contributed by atoms with Crippen molar-refractivity contribution in [3.05, 3.63) is 11.3 Å². The van der Waals surface area contributed by atoms with Crippen LogP contribution in [0, 0.1) is 11.3 Å². The second-order valence-electron chi connectivity index (χ2n) is 5.03. The number of aliphatic hydroxyl groups is 1. The molecule has 0 aliphatic heterocycles. The summed E-state index contributed by atoms with van der Waals surface area (Å²) in [7, 11) is 0. The minimum Gasteiger partial charge on any atom is -0.512 e. The van der Waals surface area contributed by atoms with Crippen LogP contribution in [0.25, 0.3) is 0 Å². The molecule has 1 N–H and O–H groups in total. The summed E-state index contributed by atoms with van der Waals surface area (Å²) < 4.78 is 0. The van der Waals surface area contributed by atoms with E-state index in [1.165, 1.54) is 5.57 Å². The largest absolute Gasteiger partial charge is 0.512 e. The summed E-state index contributed by atoms with van der Waals surface area (Å²) in [4.78, 5) is 0. The highest BCUT2D eigenvalue weighted by Crippen LogP contribution is 2.39. The van der Waals surface area contributed by atoms with E-state index >= 15 is 0 Å². The summed E-state index contributed by atoms with van der Waals surface area (Å²) in [6, 6.07) is 0. The normalized spacial score (nSPS) is 26.2. The van der Waals surface area contributed by atoms with Gasteiger partial charge < -0.3 is 5.11 Å².